The molecule has 4 nitrogen and oxygen atoms in total. The summed E-state index contributed by atoms with van der Waals surface area (Å²) in [5, 5.41) is 6.17. The number of aryl methyl sites for hydroxylation is 1. The SMILES string of the molecule is CCn1cc(C(=O)Nc2ccc(Br)cc2C(F)(F)F)cn1. The van der Waals surface area contributed by atoms with Crippen LogP contribution in [-0.2, 0) is 12.7 Å². The quantitative estimate of drug-likeness (QED) is 0.899. The Balaban J connectivity index is 2.29. The van der Waals surface area contributed by atoms with Crippen LogP contribution < -0.4 is 5.32 Å². The van der Waals surface area contributed by atoms with Crippen LogP contribution in [0.15, 0.2) is 35.1 Å². The Morgan fingerprint density at radius 3 is 2.71 bits per heavy atom. The Bertz CT molecular complexity index is 667. The first-order valence-electron chi connectivity index (χ1n) is 6.02. The Kier molecular flexibility index (Phi) is 4.36. The minimum absolute atomic E-state index is 0.202. The summed E-state index contributed by atoms with van der Waals surface area (Å²) in [5.74, 6) is -0.637. The van der Waals surface area contributed by atoms with E-state index in [4.69, 9.17) is 0 Å². The summed E-state index contributed by atoms with van der Waals surface area (Å²) in [5.41, 5.74) is -0.999. The third-order valence-electron chi connectivity index (χ3n) is 2.75. The topological polar surface area (TPSA) is 46.9 Å². The molecule has 0 atom stereocenters. The zero-order valence-corrected chi connectivity index (χ0v) is 12.5. The predicted octanol–water partition coefficient (Wildman–Crippen LogP) is 3.94. The second-order valence-electron chi connectivity index (χ2n) is 4.23. The van der Waals surface area contributed by atoms with Gasteiger partial charge in [0.25, 0.3) is 5.91 Å². The van der Waals surface area contributed by atoms with Gasteiger partial charge in [-0.05, 0) is 25.1 Å². The molecule has 1 N–H and O–H groups in total. The number of halogens is 4. The number of rotatable bonds is 3. The molecule has 0 aliphatic rings. The lowest BCUT2D eigenvalue weighted by atomic mass is 10.1. The number of carbonyl (C=O) groups excluding carboxylic acids is 1. The van der Waals surface area contributed by atoms with E-state index in [9.17, 15) is 18.0 Å². The Hall–Kier alpha value is -1.83. The van der Waals surface area contributed by atoms with Gasteiger partial charge in [0.15, 0.2) is 0 Å². The summed E-state index contributed by atoms with van der Waals surface area (Å²) in [6.07, 6.45) is -1.77. The molecular formula is C13H11BrF3N3O. The molecule has 0 aliphatic heterocycles. The van der Waals surface area contributed by atoms with Crippen molar-refractivity contribution in [2.75, 3.05) is 5.32 Å². The number of nitrogens with zero attached hydrogens (tertiary/aromatic N) is 2. The van der Waals surface area contributed by atoms with Crippen LogP contribution in [0.3, 0.4) is 0 Å². The molecule has 0 aliphatic carbocycles. The number of nitrogens with one attached hydrogen (secondary N) is 1. The highest BCUT2D eigenvalue weighted by molar-refractivity contribution is 9.10. The lowest BCUT2D eigenvalue weighted by molar-refractivity contribution is -0.136. The summed E-state index contributed by atoms with van der Waals surface area (Å²) in [4.78, 5) is 12.0. The molecule has 8 heteroatoms. The monoisotopic (exact) mass is 361 g/mol. The predicted molar refractivity (Wildman–Crippen MR) is 75.0 cm³/mol. The Morgan fingerprint density at radius 1 is 1.43 bits per heavy atom. The lowest BCUT2D eigenvalue weighted by Crippen LogP contribution is -2.16. The number of hydrogen-bond donors (Lipinski definition) is 1. The van der Waals surface area contributed by atoms with Crippen molar-refractivity contribution in [3.63, 3.8) is 0 Å². The average Bonchev–Trinajstić information content (AvgIpc) is 2.88. The number of hydrogen-bond acceptors (Lipinski definition) is 2. The van der Waals surface area contributed by atoms with Crippen LogP contribution in [0.4, 0.5) is 18.9 Å². The fourth-order valence-corrected chi connectivity index (χ4v) is 2.07. The summed E-state index contributed by atoms with van der Waals surface area (Å²) in [6, 6.07) is 3.56. The number of benzene rings is 1. The van der Waals surface area contributed by atoms with E-state index < -0.39 is 17.6 Å². The van der Waals surface area contributed by atoms with Crippen LogP contribution in [0, 0.1) is 0 Å². The molecule has 21 heavy (non-hydrogen) atoms. The number of aromatic nitrogens is 2. The third kappa shape index (κ3) is 3.63. The van der Waals surface area contributed by atoms with E-state index in [1.807, 2.05) is 6.92 Å². The minimum Gasteiger partial charge on any atom is -0.321 e. The van der Waals surface area contributed by atoms with Crippen molar-refractivity contribution < 1.29 is 18.0 Å². The van der Waals surface area contributed by atoms with Gasteiger partial charge < -0.3 is 5.32 Å². The first-order chi connectivity index (χ1) is 9.81. The van der Waals surface area contributed by atoms with Gasteiger partial charge >= 0.3 is 6.18 Å². The van der Waals surface area contributed by atoms with Crippen LogP contribution in [-0.4, -0.2) is 15.7 Å². The van der Waals surface area contributed by atoms with Crippen molar-refractivity contribution in [2.45, 2.75) is 19.6 Å². The fraction of sp³-hybridized carbons (Fsp3) is 0.231. The fourth-order valence-electron chi connectivity index (χ4n) is 1.71. The second-order valence-corrected chi connectivity index (χ2v) is 5.14. The Morgan fingerprint density at radius 2 is 2.14 bits per heavy atom. The maximum Gasteiger partial charge on any atom is 0.418 e. The van der Waals surface area contributed by atoms with E-state index in [0.29, 0.717) is 6.54 Å². The summed E-state index contributed by atoms with van der Waals surface area (Å²) >= 11 is 2.99. The maximum atomic E-state index is 13.0. The zero-order valence-electron chi connectivity index (χ0n) is 10.9. The first kappa shape index (κ1) is 15.6. The molecule has 2 aromatic rings. The molecule has 0 saturated heterocycles. The van der Waals surface area contributed by atoms with Crippen molar-refractivity contribution in [2.24, 2.45) is 0 Å². The molecule has 1 amide bonds. The number of carbonyl (C=O) groups is 1. The Labute approximate surface area is 127 Å². The van der Waals surface area contributed by atoms with E-state index >= 15 is 0 Å². The average molecular weight is 362 g/mol. The van der Waals surface area contributed by atoms with Gasteiger partial charge in [-0.3, -0.25) is 9.48 Å². The van der Waals surface area contributed by atoms with Crippen LogP contribution >= 0.6 is 15.9 Å². The molecule has 1 aromatic carbocycles. The molecule has 0 spiro atoms. The highest BCUT2D eigenvalue weighted by atomic mass is 79.9. The molecule has 0 fully saturated rings. The second kappa shape index (κ2) is 5.88. The molecule has 112 valence electrons. The van der Waals surface area contributed by atoms with Gasteiger partial charge in [0.1, 0.15) is 0 Å². The van der Waals surface area contributed by atoms with Crippen molar-refractivity contribution in [3.05, 3.63) is 46.2 Å². The van der Waals surface area contributed by atoms with Crippen LogP contribution in [0.2, 0.25) is 0 Å². The van der Waals surface area contributed by atoms with Gasteiger partial charge in [0.2, 0.25) is 0 Å². The number of anilines is 1. The van der Waals surface area contributed by atoms with Gasteiger partial charge in [-0.25, -0.2) is 0 Å². The molecule has 1 heterocycles. The van der Waals surface area contributed by atoms with Gasteiger partial charge in [-0.15, -0.1) is 0 Å². The zero-order chi connectivity index (χ0) is 15.6. The molecule has 0 unspecified atom stereocenters. The molecule has 1 aromatic heterocycles. The van der Waals surface area contributed by atoms with E-state index in [0.717, 1.165) is 6.07 Å². The van der Waals surface area contributed by atoms with E-state index in [2.05, 4.69) is 26.3 Å². The number of alkyl halides is 3. The maximum absolute atomic E-state index is 13.0. The van der Waals surface area contributed by atoms with Crippen molar-refractivity contribution in [3.8, 4) is 0 Å². The molecular weight excluding hydrogens is 351 g/mol. The molecule has 0 radical (unpaired) electrons. The highest BCUT2D eigenvalue weighted by Crippen LogP contribution is 2.36. The van der Waals surface area contributed by atoms with E-state index in [1.54, 1.807) is 0 Å². The minimum atomic E-state index is -4.56. The lowest BCUT2D eigenvalue weighted by Gasteiger charge is -2.13. The van der Waals surface area contributed by atoms with Gasteiger partial charge in [-0.2, -0.15) is 18.3 Å². The smallest absolute Gasteiger partial charge is 0.321 e. The van der Waals surface area contributed by atoms with Gasteiger partial charge in [0, 0.05) is 17.2 Å². The largest absolute Gasteiger partial charge is 0.418 e. The summed E-state index contributed by atoms with van der Waals surface area (Å²) < 4.78 is 40.7. The summed E-state index contributed by atoms with van der Waals surface area (Å²) in [6.45, 7) is 2.41. The molecule has 2 rings (SSSR count). The van der Waals surface area contributed by atoms with Crippen LogP contribution in [0.5, 0.6) is 0 Å². The molecule has 0 bridgehead atoms. The van der Waals surface area contributed by atoms with E-state index in [-0.39, 0.29) is 15.7 Å². The standard InChI is InChI=1S/C13H11BrF3N3O/c1-2-20-7-8(6-18-20)12(21)19-11-4-3-9(14)5-10(11)13(15,16)17/h3-7H,2H2,1H3,(H,19,21). The van der Waals surface area contributed by atoms with Crippen molar-refractivity contribution >= 4 is 27.5 Å². The van der Waals surface area contributed by atoms with Crippen molar-refractivity contribution in [1.82, 2.24) is 9.78 Å². The highest BCUT2D eigenvalue weighted by Gasteiger charge is 2.34. The number of amides is 1. The van der Waals surface area contributed by atoms with Gasteiger partial charge in [0.05, 0.1) is 23.0 Å². The first-order valence-corrected chi connectivity index (χ1v) is 6.81. The summed E-state index contributed by atoms with van der Waals surface area (Å²) in [7, 11) is 0. The van der Waals surface area contributed by atoms with Crippen molar-refractivity contribution in [1.29, 1.82) is 0 Å². The normalized spacial score (nSPS) is 11.5. The van der Waals surface area contributed by atoms with Crippen LogP contribution in [0.25, 0.3) is 0 Å². The molecule has 0 saturated carbocycles. The van der Waals surface area contributed by atoms with Crippen LogP contribution in [0.1, 0.15) is 22.8 Å². The van der Waals surface area contributed by atoms with Gasteiger partial charge in [-0.1, -0.05) is 15.9 Å². The van der Waals surface area contributed by atoms with E-state index in [1.165, 1.54) is 29.2 Å². The third-order valence-corrected chi connectivity index (χ3v) is 3.25.